The van der Waals surface area contributed by atoms with Gasteiger partial charge in [-0.2, -0.15) is 0 Å². The molecule has 0 amide bonds. The summed E-state index contributed by atoms with van der Waals surface area (Å²) in [4.78, 5) is 16.2. The summed E-state index contributed by atoms with van der Waals surface area (Å²) in [5.74, 6) is 0.358. The molecule has 5 heteroatoms. The van der Waals surface area contributed by atoms with Crippen molar-refractivity contribution in [1.82, 2.24) is 9.55 Å². The number of rotatable bonds is 6. The fraction of sp³-hybridized carbons (Fsp3) is 0.571. The highest BCUT2D eigenvalue weighted by Gasteiger charge is 2.16. The van der Waals surface area contributed by atoms with E-state index in [-0.39, 0.29) is 11.1 Å². The van der Waals surface area contributed by atoms with E-state index in [0.29, 0.717) is 25.6 Å². The molecule has 0 unspecified atom stereocenters. The summed E-state index contributed by atoms with van der Waals surface area (Å²) in [6.45, 7) is 13.2. The van der Waals surface area contributed by atoms with Gasteiger partial charge in [0, 0.05) is 24.5 Å². The highest BCUT2D eigenvalue weighted by molar-refractivity contribution is 5.30. The molecule has 1 N–H and O–H groups in total. The van der Waals surface area contributed by atoms with E-state index in [1.54, 1.807) is 17.0 Å². The second-order valence-electron chi connectivity index (χ2n) is 5.56. The van der Waals surface area contributed by atoms with Crippen LogP contribution in [0.25, 0.3) is 0 Å². The topological polar surface area (TPSA) is 56.1 Å². The third kappa shape index (κ3) is 4.87. The smallest absolute Gasteiger partial charge is 0.293 e. The summed E-state index contributed by atoms with van der Waals surface area (Å²) >= 11 is 0. The number of hydrogen-bond donors (Lipinski definition) is 1. The lowest BCUT2D eigenvalue weighted by Gasteiger charge is -2.22. The van der Waals surface area contributed by atoms with Gasteiger partial charge in [0.05, 0.1) is 13.2 Å². The molecular weight excluding hydrogens is 242 g/mol. The lowest BCUT2D eigenvalue weighted by molar-refractivity contribution is 0.167. The monoisotopic (exact) mass is 265 g/mol. The second-order valence-corrected chi connectivity index (χ2v) is 5.56. The van der Waals surface area contributed by atoms with Crippen molar-refractivity contribution >= 4 is 5.82 Å². The molecular formula is C14H23N3O2. The van der Waals surface area contributed by atoms with Gasteiger partial charge in [0.25, 0.3) is 5.56 Å². The maximum absolute atomic E-state index is 12.2. The molecule has 1 aromatic rings. The van der Waals surface area contributed by atoms with Gasteiger partial charge in [-0.15, -0.1) is 0 Å². The fourth-order valence-corrected chi connectivity index (χ4v) is 1.55. The van der Waals surface area contributed by atoms with Crippen LogP contribution in [0, 0.1) is 0 Å². The van der Waals surface area contributed by atoms with Gasteiger partial charge in [-0.3, -0.25) is 4.79 Å². The van der Waals surface area contributed by atoms with E-state index in [1.165, 1.54) is 0 Å². The van der Waals surface area contributed by atoms with Gasteiger partial charge in [-0.1, -0.05) is 12.2 Å². The SMILES string of the molecule is C=C(C)COCCNc1nccn(C(C)(C)C)c1=O. The highest BCUT2D eigenvalue weighted by Crippen LogP contribution is 2.10. The average molecular weight is 265 g/mol. The van der Waals surface area contributed by atoms with Crippen molar-refractivity contribution in [1.29, 1.82) is 0 Å². The summed E-state index contributed by atoms with van der Waals surface area (Å²) in [7, 11) is 0. The van der Waals surface area contributed by atoms with Crippen LogP contribution in [-0.2, 0) is 10.3 Å². The lowest BCUT2D eigenvalue weighted by atomic mass is 10.1. The van der Waals surface area contributed by atoms with E-state index in [0.717, 1.165) is 5.57 Å². The second kappa shape index (κ2) is 6.52. The molecule has 0 aliphatic heterocycles. The first-order valence-electron chi connectivity index (χ1n) is 6.36. The third-order valence-corrected chi connectivity index (χ3v) is 2.45. The van der Waals surface area contributed by atoms with E-state index < -0.39 is 0 Å². The Kier molecular flexibility index (Phi) is 5.30. The predicted molar refractivity (Wildman–Crippen MR) is 77.6 cm³/mol. The Bertz CT molecular complexity index is 486. The zero-order valence-electron chi connectivity index (χ0n) is 12.2. The van der Waals surface area contributed by atoms with Crippen molar-refractivity contribution in [2.24, 2.45) is 0 Å². The fourth-order valence-electron chi connectivity index (χ4n) is 1.55. The average Bonchev–Trinajstić information content (AvgIpc) is 2.28. The summed E-state index contributed by atoms with van der Waals surface area (Å²) < 4.78 is 7.02. The Labute approximate surface area is 114 Å². The van der Waals surface area contributed by atoms with E-state index in [4.69, 9.17) is 4.74 Å². The van der Waals surface area contributed by atoms with Gasteiger partial charge < -0.3 is 14.6 Å². The molecule has 0 spiro atoms. The molecule has 0 saturated carbocycles. The lowest BCUT2D eigenvalue weighted by Crippen LogP contribution is -2.35. The summed E-state index contributed by atoms with van der Waals surface area (Å²) in [6.07, 6.45) is 3.33. The largest absolute Gasteiger partial charge is 0.375 e. The van der Waals surface area contributed by atoms with Crippen molar-refractivity contribution in [3.63, 3.8) is 0 Å². The van der Waals surface area contributed by atoms with Crippen molar-refractivity contribution in [3.8, 4) is 0 Å². The molecule has 5 nitrogen and oxygen atoms in total. The number of anilines is 1. The standard InChI is InChI=1S/C14H23N3O2/c1-11(2)10-19-9-7-16-12-13(18)17(8-6-15-12)14(3,4)5/h6,8H,1,7,9-10H2,2-5H3,(H,15,16). The molecule has 0 fully saturated rings. The molecule has 0 saturated heterocycles. The molecule has 1 rings (SSSR count). The molecule has 0 radical (unpaired) electrons. The van der Waals surface area contributed by atoms with Crippen LogP contribution >= 0.6 is 0 Å². The molecule has 19 heavy (non-hydrogen) atoms. The maximum Gasteiger partial charge on any atom is 0.293 e. The van der Waals surface area contributed by atoms with Gasteiger partial charge in [-0.05, 0) is 27.7 Å². The van der Waals surface area contributed by atoms with E-state index in [1.807, 2.05) is 27.7 Å². The van der Waals surface area contributed by atoms with Gasteiger partial charge in [0.15, 0.2) is 5.82 Å². The normalized spacial score (nSPS) is 11.4. The number of hydrogen-bond acceptors (Lipinski definition) is 4. The van der Waals surface area contributed by atoms with Crippen LogP contribution in [0.3, 0.4) is 0 Å². The molecule has 0 aliphatic carbocycles. The van der Waals surface area contributed by atoms with E-state index in [2.05, 4.69) is 16.9 Å². The van der Waals surface area contributed by atoms with Gasteiger partial charge in [0.1, 0.15) is 0 Å². The molecule has 0 atom stereocenters. The minimum Gasteiger partial charge on any atom is -0.375 e. The van der Waals surface area contributed by atoms with Crippen LogP contribution in [0.4, 0.5) is 5.82 Å². The number of nitrogens with one attached hydrogen (secondary N) is 1. The van der Waals surface area contributed by atoms with Gasteiger partial charge in [-0.25, -0.2) is 4.98 Å². The van der Waals surface area contributed by atoms with Crippen molar-refractivity contribution in [3.05, 3.63) is 34.9 Å². The number of nitrogens with zero attached hydrogens (tertiary/aromatic N) is 2. The number of aromatic nitrogens is 2. The highest BCUT2D eigenvalue weighted by atomic mass is 16.5. The molecule has 0 bridgehead atoms. The van der Waals surface area contributed by atoms with Crippen LogP contribution in [0.2, 0.25) is 0 Å². The Morgan fingerprint density at radius 3 is 2.79 bits per heavy atom. The van der Waals surface area contributed by atoms with Crippen LogP contribution < -0.4 is 10.9 Å². The van der Waals surface area contributed by atoms with Crippen LogP contribution in [-0.4, -0.2) is 29.3 Å². The van der Waals surface area contributed by atoms with Crippen molar-refractivity contribution < 1.29 is 4.74 Å². The van der Waals surface area contributed by atoms with Gasteiger partial charge in [0.2, 0.25) is 0 Å². The maximum atomic E-state index is 12.2. The minimum absolute atomic E-state index is 0.116. The first-order chi connectivity index (χ1) is 8.82. The predicted octanol–water partition coefficient (Wildman–Crippen LogP) is 2.00. The Balaban J connectivity index is 2.60. The first kappa shape index (κ1) is 15.4. The summed E-state index contributed by atoms with van der Waals surface area (Å²) in [5, 5.41) is 3.00. The third-order valence-electron chi connectivity index (χ3n) is 2.45. The zero-order chi connectivity index (χ0) is 14.5. The van der Waals surface area contributed by atoms with E-state index >= 15 is 0 Å². The van der Waals surface area contributed by atoms with E-state index in [9.17, 15) is 4.79 Å². The Morgan fingerprint density at radius 1 is 1.53 bits per heavy atom. The quantitative estimate of drug-likeness (QED) is 0.631. The molecule has 0 aromatic carbocycles. The van der Waals surface area contributed by atoms with Crippen LogP contribution in [0.5, 0.6) is 0 Å². The zero-order valence-corrected chi connectivity index (χ0v) is 12.2. The Morgan fingerprint density at radius 2 is 2.21 bits per heavy atom. The van der Waals surface area contributed by atoms with Crippen LogP contribution in [0.15, 0.2) is 29.3 Å². The van der Waals surface area contributed by atoms with Crippen molar-refractivity contribution in [2.75, 3.05) is 25.1 Å². The van der Waals surface area contributed by atoms with Crippen molar-refractivity contribution in [2.45, 2.75) is 33.2 Å². The van der Waals surface area contributed by atoms with Crippen LogP contribution in [0.1, 0.15) is 27.7 Å². The first-order valence-corrected chi connectivity index (χ1v) is 6.36. The minimum atomic E-state index is -0.257. The number of ether oxygens (including phenoxy) is 1. The molecule has 106 valence electrons. The Hall–Kier alpha value is -1.62. The summed E-state index contributed by atoms with van der Waals surface area (Å²) in [5.41, 5.74) is 0.607. The molecule has 0 aliphatic rings. The molecule has 1 aromatic heterocycles. The molecule has 1 heterocycles. The summed E-state index contributed by atoms with van der Waals surface area (Å²) in [6, 6.07) is 0. The van der Waals surface area contributed by atoms with Gasteiger partial charge >= 0.3 is 0 Å².